The van der Waals surface area contributed by atoms with Crippen LogP contribution in [0.15, 0.2) is 24.3 Å². The van der Waals surface area contributed by atoms with Crippen LogP contribution < -0.4 is 0 Å². The van der Waals surface area contributed by atoms with Gasteiger partial charge < -0.3 is 0 Å². The molecule has 1 aromatic carbocycles. The summed E-state index contributed by atoms with van der Waals surface area (Å²) in [6.45, 7) is 0. The normalized spacial score (nSPS) is 11.0. The van der Waals surface area contributed by atoms with Gasteiger partial charge in [0.05, 0.1) is 4.92 Å². The van der Waals surface area contributed by atoms with Crippen LogP contribution in [-0.4, -0.2) is 18.5 Å². The lowest BCUT2D eigenvalue weighted by atomic mass is 10.2. The first-order valence-electron chi connectivity index (χ1n) is 3.56. The zero-order valence-electron chi connectivity index (χ0n) is 7.08. The van der Waals surface area contributed by atoms with E-state index in [2.05, 4.69) is 0 Å². The Morgan fingerprint density at radius 1 is 1.33 bits per heavy atom. The van der Waals surface area contributed by atoms with Crippen molar-refractivity contribution < 1.29 is 18.1 Å². The first-order valence-corrected chi connectivity index (χ1v) is 5.87. The molecule has 1 aromatic rings. The van der Waals surface area contributed by atoms with Gasteiger partial charge in [0.15, 0.2) is 0 Å². The predicted octanol–water partition coefficient (Wildman–Crippen LogP) is 1.30. The Labute approximate surface area is 89.0 Å². The monoisotopic (exact) mass is 249 g/mol. The van der Waals surface area contributed by atoms with Crippen molar-refractivity contribution in [2.24, 2.45) is 0 Å². The molecule has 80 valence electrons. The minimum Gasteiger partial charge on any atom is -0.274 e. The number of benzene rings is 1. The fourth-order valence-electron chi connectivity index (χ4n) is 0.937. The smallest absolute Gasteiger partial charge is 0.274 e. The Morgan fingerprint density at radius 3 is 2.33 bits per heavy atom. The molecule has 0 saturated carbocycles. The summed E-state index contributed by atoms with van der Waals surface area (Å²) in [6, 6.07) is 4.67. The van der Waals surface area contributed by atoms with Gasteiger partial charge >= 0.3 is 0 Å². The molecule has 0 atom stereocenters. The molecule has 0 aromatic heterocycles. The summed E-state index contributed by atoms with van der Waals surface area (Å²) in [4.78, 5) is 20.8. The van der Waals surface area contributed by atoms with Crippen LogP contribution in [0.5, 0.6) is 0 Å². The van der Waals surface area contributed by atoms with E-state index in [4.69, 9.17) is 10.7 Å². The lowest BCUT2D eigenvalue weighted by Gasteiger charge is -1.98. The second kappa shape index (κ2) is 3.95. The maximum absolute atomic E-state index is 11.2. The zero-order chi connectivity index (χ0) is 11.6. The molecule has 15 heavy (non-hydrogen) atoms. The van der Waals surface area contributed by atoms with Gasteiger partial charge in [0, 0.05) is 16.7 Å². The number of rotatable bonds is 2. The molecule has 0 saturated heterocycles. The van der Waals surface area contributed by atoms with Crippen molar-refractivity contribution in [3.63, 3.8) is 0 Å². The number of carbonyl (C=O) groups excluding carboxylic acids is 1. The quantitative estimate of drug-likeness (QED) is 0.447. The Kier molecular flexibility index (Phi) is 3.06. The number of nitrogens with zero attached hydrogens (tertiary/aromatic N) is 1. The van der Waals surface area contributed by atoms with Crippen molar-refractivity contribution >= 4 is 30.5 Å². The summed E-state index contributed by atoms with van der Waals surface area (Å²) in [5.41, 5.74) is -1.13. The van der Waals surface area contributed by atoms with Crippen LogP contribution in [0.25, 0.3) is 0 Å². The molecule has 0 aliphatic rings. The molecule has 0 amide bonds. The number of nitro groups is 1. The molecule has 0 bridgehead atoms. The summed E-state index contributed by atoms with van der Waals surface area (Å²) in [5, 5.41) is 8.99. The minimum absolute atomic E-state index is 0.544. The topological polar surface area (TPSA) is 94.3 Å². The third kappa shape index (κ3) is 2.51. The summed E-state index contributed by atoms with van der Waals surface area (Å²) >= 11 is 0. The van der Waals surface area contributed by atoms with E-state index < -0.39 is 30.3 Å². The first kappa shape index (κ1) is 11.6. The second-order valence-corrected chi connectivity index (χ2v) is 4.96. The van der Waals surface area contributed by atoms with Gasteiger partial charge in [-0.1, -0.05) is 12.1 Å². The third-order valence-corrected chi connectivity index (χ3v) is 2.63. The highest BCUT2D eigenvalue weighted by Crippen LogP contribution is 2.21. The molecular weight excluding hydrogens is 246 g/mol. The van der Waals surface area contributed by atoms with E-state index in [-0.39, 0.29) is 0 Å². The second-order valence-electron chi connectivity index (χ2n) is 2.50. The van der Waals surface area contributed by atoms with Crippen molar-refractivity contribution in [2.75, 3.05) is 0 Å². The molecule has 0 unspecified atom stereocenters. The number of hydrogen-bond donors (Lipinski definition) is 0. The van der Waals surface area contributed by atoms with E-state index in [1.54, 1.807) is 0 Å². The van der Waals surface area contributed by atoms with Crippen LogP contribution in [0.3, 0.4) is 0 Å². The van der Waals surface area contributed by atoms with Gasteiger partial charge in [-0.25, -0.2) is 8.42 Å². The highest BCUT2D eigenvalue weighted by atomic mass is 35.7. The summed E-state index contributed by atoms with van der Waals surface area (Å²) in [6.07, 6.45) is 0. The Balaban J connectivity index is 3.39. The molecular formula is C7H4ClNO5S. The highest BCUT2D eigenvalue weighted by Gasteiger charge is 2.28. The summed E-state index contributed by atoms with van der Waals surface area (Å²) in [7, 11) is 0.312. The van der Waals surface area contributed by atoms with Gasteiger partial charge in [0.1, 0.15) is 5.56 Å². The molecule has 0 aliphatic carbocycles. The lowest BCUT2D eigenvalue weighted by Crippen LogP contribution is -2.10. The van der Waals surface area contributed by atoms with E-state index in [0.29, 0.717) is 0 Å². The van der Waals surface area contributed by atoms with Crippen molar-refractivity contribution in [3.8, 4) is 0 Å². The van der Waals surface area contributed by atoms with Crippen LogP contribution in [0, 0.1) is 10.1 Å². The number of carbonyl (C=O) groups is 1. The maximum atomic E-state index is 11.2. The fourth-order valence-corrected chi connectivity index (χ4v) is 1.62. The van der Waals surface area contributed by atoms with Crippen molar-refractivity contribution in [2.45, 2.75) is 0 Å². The van der Waals surface area contributed by atoms with E-state index in [1.807, 2.05) is 0 Å². The first-order chi connectivity index (χ1) is 6.84. The van der Waals surface area contributed by atoms with Crippen molar-refractivity contribution in [1.29, 1.82) is 0 Å². The van der Waals surface area contributed by atoms with Crippen LogP contribution in [0.1, 0.15) is 10.4 Å². The number of halogens is 1. The number of hydrogen-bond acceptors (Lipinski definition) is 5. The van der Waals surface area contributed by atoms with Crippen LogP contribution in [0.2, 0.25) is 0 Å². The van der Waals surface area contributed by atoms with Gasteiger partial charge in [0.2, 0.25) is 0 Å². The van der Waals surface area contributed by atoms with Crippen LogP contribution >= 0.6 is 10.7 Å². The largest absolute Gasteiger partial charge is 0.300 e. The van der Waals surface area contributed by atoms with Crippen LogP contribution in [-0.2, 0) is 9.05 Å². The summed E-state index contributed by atoms with van der Waals surface area (Å²) < 4.78 is 21.4. The lowest BCUT2D eigenvalue weighted by molar-refractivity contribution is -0.385. The molecule has 0 spiro atoms. The molecule has 0 fully saturated rings. The Bertz CT molecular complexity index is 524. The summed E-state index contributed by atoms with van der Waals surface area (Å²) in [5.74, 6) is 0. The molecule has 0 radical (unpaired) electrons. The SMILES string of the molecule is O=C(c1ccccc1[N+](=O)[O-])S(=O)(=O)Cl. The Morgan fingerprint density at radius 2 is 1.87 bits per heavy atom. The minimum atomic E-state index is -4.48. The van der Waals surface area contributed by atoms with Gasteiger partial charge in [-0.15, -0.1) is 0 Å². The Hall–Kier alpha value is -1.47. The van der Waals surface area contributed by atoms with Gasteiger partial charge in [-0.05, 0) is 6.07 Å². The number of para-hydroxylation sites is 1. The molecule has 0 aliphatic heterocycles. The standard InChI is InChI=1S/C7H4ClNO5S/c8-15(13,14)7(10)5-3-1-2-4-6(5)9(11)12/h1-4H. The molecule has 1 rings (SSSR count). The van der Waals surface area contributed by atoms with Gasteiger partial charge in [-0.2, -0.15) is 0 Å². The predicted molar refractivity (Wildman–Crippen MR) is 52.2 cm³/mol. The average Bonchev–Trinajstić information content (AvgIpc) is 2.15. The van der Waals surface area contributed by atoms with E-state index in [1.165, 1.54) is 12.1 Å². The molecule has 0 N–H and O–H groups in total. The zero-order valence-corrected chi connectivity index (χ0v) is 8.66. The van der Waals surface area contributed by atoms with Crippen molar-refractivity contribution in [1.82, 2.24) is 0 Å². The van der Waals surface area contributed by atoms with Crippen LogP contribution in [0.4, 0.5) is 5.69 Å². The van der Waals surface area contributed by atoms with E-state index in [9.17, 15) is 23.3 Å². The van der Waals surface area contributed by atoms with Crippen molar-refractivity contribution in [3.05, 3.63) is 39.9 Å². The maximum Gasteiger partial charge on any atom is 0.300 e. The van der Waals surface area contributed by atoms with E-state index in [0.717, 1.165) is 12.1 Å². The van der Waals surface area contributed by atoms with Gasteiger partial charge in [-0.3, -0.25) is 14.9 Å². The molecule has 8 heteroatoms. The highest BCUT2D eigenvalue weighted by molar-refractivity contribution is 8.25. The average molecular weight is 250 g/mol. The third-order valence-electron chi connectivity index (χ3n) is 1.54. The fraction of sp³-hybridized carbons (Fsp3) is 0. The number of nitro benzene ring substituents is 1. The molecule has 0 heterocycles. The molecule has 6 nitrogen and oxygen atoms in total. The van der Waals surface area contributed by atoms with Gasteiger partial charge in [0.25, 0.3) is 19.9 Å². The van der Waals surface area contributed by atoms with E-state index >= 15 is 0 Å².